The van der Waals surface area contributed by atoms with Gasteiger partial charge in [0.15, 0.2) is 0 Å². The van der Waals surface area contributed by atoms with Crippen LogP contribution in [0.2, 0.25) is 0 Å². The second kappa shape index (κ2) is 13.6. The lowest BCUT2D eigenvalue weighted by Crippen LogP contribution is -2.42. The topological polar surface area (TPSA) is 168 Å². The van der Waals surface area contributed by atoms with E-state index in [1.807, 2.05) is 42.5 Å². The second-order valence-corrected chi connectivity index (χ2v) is 15.1. The van der Waals surface area contributed by atoms with E-state index in [-0.39, 0.29) is 23.9 Å². The highest BCUT2D eigenvalue weighted by atomic mass is 32.1. The number of rotatable bonds is 8. The molecule has 6 heterocycles. The van der Waals surface area contributed by atoms with Crippen molar-refractivity contribution in [1.29, 1.82) is 0 Å². The smallest absolute Gasteiger partial charge is 0.261 e. The van der Waals surface area contributed by atoms with Gasteiger partial charge in [-0.1, -0.05) is 24.3 Å². The number of hydrogen-bond donors (Lipinski definition) is 6. The van der Waals surface area contributed by atoms with Gasteiger partial charge in [-0.3, -0.25) is 19.2 Å². The fourth-order valence-corrected chi connectivity index (χ4v) is 9.12. The lowest BCUT2D eigenvalue weighted by molar-refractivity contribution is 0.0926. The molecule has 0 aliphatic carbocycles. The summed E-state index contributed by atoms with van der Waals surface area (Å²) in [5.41, 5.74) is 13.4. The highest BCUT2D eigenvalue weighted by molar-refractivity contribution is 7.17. The number of primary amides is 2. The van der Waals surface area contributed by atoms with E-state index < -0.39 is 11.8 Å². The molecule has 4 aliphatic heterocycles. The fraction of sp³-hybridized carbons (Fsp3) is 0.333. The van der Waals surface area contributed by atoms with Gasteiger partial charge in [0.1, 0.15) is 0 Å². The summed E-state index contributed by atoms with van der Waals surface area (Å²) in [6.07, 6.45) is 6.79. The van der Waals surface area contributed by atoms with Crippen molar-refractivity contribution in [1.82, 2.24) is 21.3 Å². The van der Waals surface area contributed by atoms with E-state index in [1.54, 1.807) is 30.3 Å². The summed E-state index contributed by atoms with van der Waals surface area (Å²) in [6, 6.07) is 24.3. The summed E-state index contributed by atoms with van der Waals surface area (Å²) < 4.78 is 0. The van der Waals surface area contributed by atoms with Gasteiger partial charge in [-0.05, 0) is 98.2 Å². The van der Waals surface area contributed by atoms with Crippen LogP contribution in [0.4, 0.5) is 0 Å². The molecule has 0 radical (unpaired) electrons. The lowest BCUT2D eigenvalue weighted by Gasteiger charge is -2.20. The van der Waals surface area contributed by atoms with Crippen molar-refractivity contribution in [3.05, 3.63) is 93.7 Å². The summed E-state index contributed by atoms with van der Waals surface area (Å²) in [5.74, 6) is -0.904. The molecule has 10 nitrogen and oxygen atoms in total. The maximum Gasteiger partial charge on any atom is 0.261 e. The maximum atomic E-state index is 12.5. The minimum atomic E-state index is -0.449. The summed E-state index contributed by atoms with van der Waals surface area (Å²) in [7, 11) is 0. The van der Waals surface area contributed by atoms with E-state index in [9.17, 15) is 19.2 Å². The van der Waals surface area contributed by atoms with Gasteiger partial charge in [-0.2, -0.15) is 0 Å². The minimum Gasteiger partial charge on any atom is -0.366 e. The first-order chi connectivity index (χ1) is 23.2. The van der Waals surface area contributed by atoms with Crippen LogP contribution in [-0.4, -0.2) is 59.9 Å². The molecule has 4 bridgehead atoms. The molecule has 0 spiro atoms. The van der Waals surface area contributed by atoms with Crippen LogP contribution in [0.15, 0.2) is 72.8 Å². The van der Waals surface area contributed by atoms with E-state index in [1.165, 1.54) is 35.5 Å². The van der Waals surface area contributed by atoms with Gasteiger partial charge >= 0.3 is 0 Å². The first-order valence-corrected chi connectivity index (χ1v) is 18.0. The Hall–Kier alpha value is -4.36. The molecular weight excluding hydrogens is 645 g/mol. The zero-order valence-corrected chi connectivity index (χ0v) is 27.9. The number of carbonyl (C=O) groups excluding carboxylic acids is 4. The van der Waals surface area contributed by atoms with E-state index in [0.29, 0.717) is 45.0 Å². The first kappa shape index (κ1) is 32.2. The Bertz CT molecular complexity index is 1850. The molecule has 4 aliphatic rings. The molecule has 2 aromatic carbocycles. The van der Waals surface area contributed by atoms with Crippen molar-refractivity contribution in [3.63, 3.8) is 0 Å². The normalized spacial score (nSPS) is 24.9. The van der Waals surface area contributed by atoms with Crippen LogP contribution in [0, 0.1) is 0 Å². The van der Waals surface area contributed by atoms with Crippen LogP contribution in [0.1, 0.15) is 78.6 Å². The van der Waals surface area contributed by atoms with Crippen LogP contribution >= 0.6 is 22.7 Å². The van der Waals surface area contributed by atoms with Gasteiger partial charge in [-0.15, -0.1) is 22.7 Å². The molecule has 248 valence electrons. The number of benzene rings is 2. The van der Waals surface area contributed by atoms with E-state index >= 15 is 0 Å². The zero-order valence-electron chi connectivity index (χ0n) is 26.2. The predicted octanol–water partition coefficient (Wildman–Crippen LogP) is 4.27. The maximum absolute atomic E-state index is 12.5. The van der Waals surface area contributed by atoms with Gasteiger partial charge in [0.25, 0.3) is 11.8 Å². The molecule has 6 atom stereocenters. The van der Waals surface area contributed by atoms with Crippen molar-refractivity contribution in [2.24, 2.45) is 11.5 Å². The Morgan fingerprint density at radius 3 is 1.58 bits per heavy atom. The molecule has 48 heavy (non-hydrogen) atoms. The molecular formula is C36H38N6O4S2. The molecule has 0 saturated carbocycles. The number of nitrogens with one attached hydrogen (secondary N) is 4. The largest absolute Gasteiger partial charge is 0.366 e. The number of amides is 4. The molecule has 4 fully saturated rings. The van der Waals surface area contributed by atoms with Crippen LogP contribution in [-0.2, 0) is 0 Å². The summed E-state index contributed by atoms with van der Waals surface area (Å²) >= 11 is 2.90. The highest BCUT2D eigenvalue weighted by Crippen LogP contribution is 2.32. The average Bonchev–Trinajstić information content (AvgIpc) is 3.95. The van der Waals surface area contributed by atoms with Gasteiger partial charge in [0.2, 0.25) is 11.8 Å². The summed E-state index contributed by atoms with van der Waals surface area (Å²) in [4.78, 5) is 50.8. The number of hydrogen-bond acceptors (Lipinski definition) is 8. The third-order valence-electron chi connectivity index (χ3n) is 9.78. The molecule has 12 heteroatoms. The van der Waals surface area contributed by atoms with Crippen molar-refractivity contribution in [2.75, 3.05) is 0 Å². The van der Waals surface area contributed by atoms with Crippen molar-refractivity contribution >= 4 is 46.3 Å². The van der Waals surface area contributed by atoms with Crippen molar-refractivity contribution < 1.29 is 19.2 Å². The molecule has 2 aromatic heterocycles. The SMILES string of the molecule is NC(=O)c1ccc(-c2ccc(C(=O)N[C@@H]3C[C@H]4CC[C@@H]3N4)s2)cc1.NC(=O)c1cccc(-c2ccc(C(=O)N[C@@H]3C[C@H]4CC[C@@H]3N4)s2)c1. The number of thiophene rings is 2. The Morgan fingerprint density at radius 1 is 0.604 bits per heavy atom. The lowest BCUT2D eigenvalue weighted by atomic mass is 9.95. The van der Waals surface area contributed by atoms with E-state index in [0.717, 1.165) is 46.6 Å². The highest BCUT2D eigenvalue weighted by Gasteiger charge is 2.40. The second-order valence-electron chi connectivity index (χ2n) is 12.9. The first-order valence-electron chi connectivity index (χ1n) is 16.3. The predicted molar refractivity (Wildman–Crippen MR) is 188 cm³/mol. The zero-order chi connectivity index (χ0) is 33.4. The summed E-state index contributed by atoms with van der Waals surface area (Å²) in [6.45, 7) is 0. The fourth-order valence-electron chi connectivity index (χ4n) is 7.30. The molecule has 4 aromatic rings. The Morgan fingerprint density at radius 2 is 1.12 bits per heavy atom. The number of nitrogens with two attached hydrogens (primary N) is 2. The third-order valence-corrected chi connectivity index (χ3v) is 12.0. The molecule has 4 amide bonds. The van der Waals surface area contributed by atoms with Crippen LogP contribution in [0.25, 0.3) is 20.9 Å². The van der Waals surface area contributed by atoms with Crippen LogP contribution in [0.3, 0.4) is 0 Å². The molecule has 4 saturated heterocycles. The molecule has 0 unspecified atom stereocenters. The number of carbonyl (C=O) groups is 4. The Balaban J connectivity index is 0.000000152. The van der Waals surface area contributed by atoms with Gasteiger partial charge in [0, 0.05) is 57.1 Å². The monoisotopic (exact) mass is 682 g/mol. The Kier molecular flexibility index (Phi) is 9.15. The third kappa shape index (κ3) is 6.93. The Labute approximate surface area is 286 Å². The minimum absolute atomic E-state index is 0.000596. The van der Waals surface area contributed by atoms with E-state index in [2.05, 4.69) is 21.3 Å². The summed E-state index contributed by atoms with van der Waals surface area (Å²) in [5, 5.41) is 13.4. The van der Waals surface area contributed by atoms with E-state index in [4.69, 9.17) is 11.5 Å². The van der Waals surface area contributed by atoms with Crippen LogP contribution < -0.4 is 32.7 Å². The van der Waals surface area contributed by atoms with Gasteiger partial charge in [0.05, 0.1) is 9.75 Å². The van der Waals surface area contributed by atoms with Gasteiger partial charge < -0.3 is 32.7 Å². The molecule has 8 rings (SSSR count). The standard InChI is InChI=1S/2C18H19N3O2S/c19-17(22)11-3-1-10(2-4-11)15-7-8-16(24-15)18(23)21-14-9-12-5-6-13(14)20-12;19-17(22)11-3-1-2-10(8-11)15-6-7-16(24-15)18(23)21-14-9-12-4-5-13(14)20-12/h1-4,7-8,12-14,20H,5-6,9H2,(H2,19,22)(H,21,23);1-3,6-8,12-14,20H,4-5,9H2,(H2,19,22)(H,21,23)/t2*12-,13+,14-/m11/s1. The van der Waals surface area contributed by atoms with Crippen molar-refractivity contribution in [3.8, 4) is 20.9 Å². The average molecular weight is 683 g/mol. The quantitative estimate of drug-likeness (QED) is 0.162. The van der Waals surface area contributed by atoms with Crippen LogP contribution in [0.5, 0.6) is 0 Å². The molecule has 8 N–H and O–H groups in total. The van der Waals surface area contributed by atoms with Crippen molar-refractivity contribution in [2.45, 2.75) is 74.8 Å². The number of fused-ring (bicyclic) bond motifs is 4. The van der Waals surface area contributed by atoms with Gasteiger partial charge in [-0.25, -0.2) is 0 Å².